The number of anilines is 1. The molecule has 6 heteroatoms. The van der Waals surface area contributed by atoms with Crippen molar-refractivity contribution in [3.05, 3.63) is 65.0 Å². The number of para-hydroxylation sites is 1. The molecule has 1 saturated heterocycles. The summed E-state index contributed by atoms with van der Waals surface area (Å²) in [5.41, 5.74) is 3.27. The molecule has 0 spiro atoms. The molecule has 1 amide bonds. The largest absolute Gasteiger partial charge is 0.347 e. The fourth-order valence-electron chi connectivity index (χ4n) is 4.64. The molecule has 0 radical (unpaired) electrons. The van der Waals surface area contributed by atoms with E-state index in [4.69, 9.17) is 0 Å². The maximum absolute atomic E-state index is 14.7. The van der Waals surface area contributed by atoms with Crippen molar-refractivity contribution < 1.29 is 9.18 Å². The molecule has 0 aromatic heterocycles. The fraction of sp³-hybridized carbons (Fsp3) is 0.440. The Bertz CT molecular complexity index is 1000. The third kappa shape index (κ3) is 4.35. The molecule has 2 fully saturated rings. The number of aliphatic imine (C=N–C) groups is 1. The SMILES string of the molecule is C[C@@H]1CN(C(=O)c2cc(CN3CN=Cc4ccccc43)ccc2F)CCN1CC1CC1. The number of fused-ring (bicyclic) bond motifs is 1. The number of benzene rings is 2. The molecule has 5 nitrogen and oxygen atoms in total. The van der Waals surface area contributed by atoms with E-state index in [0.29, 0.717) is 32.3 Å². The van der Waals surface area contributed by atoms with Gasteiger partial charge in [0, 0.05) is 56.2 Å². The first-order valence-electron chi connectivity index (χ1n) is 11.2. The Kier molecular flexibility index (Phi) is 5.48. The molecule has 1 atom stereocenters. The van der Waals surface area contributed by atoms with Crippen LogP contribution in [0.3, 0.4) is 0 Å². The zero-order chi connectivity index (χ0) is 21.4. The highest BCUT2D eigenvalue weighted by Crippen LogP contribution is 2.31. The summed E-state index contributed by atoms with van der Waals surface area (Å²) in [6.45, 7) is 6.62. The van der Waals surface area contributed by atoms with E-state index in [1.54, 1.807) is 12.1 Å². The molecule has 5 rings (SSSR count). The number of hydrogen-bond donors (Lipinski definition) is 0. The Labute approximate surface area is 183 Å². The number of carbonyl (C=O) groups excluding carboxylic acids is 1. The number of piperazine rings is 1. The van der Waals surface area contributed by atoms with Crippen molar-refractivity contribution in [2.45, 2.75) is 32.4 Å². The molecule has 0 bridgehead atoms. The van der Waals surface area contributed by atoms with Gasteiger partial charge < -0.3 is 9.80 Å². The molecule has 2 aromatic carbocycles. The summed E-state index contributed by atoms with van der Waals surface area (Å²) >= 11 is 0. The predicted octanol–water partition coefficient (Wildman–Crippen LogP) is 3.78. The van der Waals surface area contributed by atoms with Crippen molar-refractivity contribution in [1.29, 1.82) is 0 Å². The van der Waals surface area contributed by atoms with Gasteiger partial charge in [-0.2, -0.15) is 0 Å². The molecule has 162 valence electrons. The number of hydrogen-bond acceptors (Lipinski definition) is 4. The van der Waals surface area contributed by atoms with Crippen molar-refractivity contribution >= 4 is 17.8 Å². The summed E-state index contributed by atoms with van der Waals surface area (Å²) in [5, 5.41) is 0. The second-order valence-electron chi connectivity index (χ2n) is 9.06. The smallest absolute Gasteiger partial charge is 0.256 e. The average Bonchev–Trinajstić information content (AvgIpc) is 3.60. The van der Waals surface area contributed by atoms with Crippen molar-refractivity contribution in [2.75, 3.05) is 37.7 Å². The molecule has 31 heavy (non-hydrogen) atoms. The Morgan fingerprint density at radius 2 is 2.00 bits per heavy atom. The van der Waals surface area contributed by atoms with Gasteiger partial charge in [0.2, 0.25) is 0 Å². The van der Waals surface area contributed by atoms with Crippen molar-refractivity contribution in [3.8, 4) is 0 Å². The van der Waals surface area contributed by atoms with E-state index in [-0.39, 0.29) is 11.5 Å². The van der Waals surface area contributed by atoms with Gasteiger partial charge in [-0.25, -0.2) is 4.39 Å². The zero-order valence-corrected chi connectivity index (χ0v) is 18.0. The van der Waals surface area contributed by atoms with Crippen molar-refractivity contribution in [3.63, 3.8) is 0 Å². The monoisotopic (exact) mass is 420 g/mol. The topological polar surface area (TPSA) is 39.2 Å². The van der Waals surface area contributed by atoms with Crippen molar-refractivity contribution in [1.82, 2.24) is 9.80 Å². The van der Waals surface area contributed by atoms with E-state index in [1.807, 2.05) is 29.3 Å². The van der Waals surface area contributed by atoms with Gasteiger partial charge in [-0.05, 0) is 49.4 Å². The first-order valence-corrected chi connectivity index (χ1v) is 11.2. The molecule has 2 aromatic rings. The summed E-state index contributed by atoms with van der Waals surface area (Å²) in [6, 6.07) is 13.3. The molecule has 0 unspecified atom stereocenters. The summed E-state index contributed by atoms with van der Waals surface area (Å²) < 4.78 is 14.7. The minimum absolute atomic E-state index is 0.175. The zero-order valence-electron chi connectivity index (χ0n) is 18.0. The van der Waals surface area contributed by atoms with Crippen LogP contribution in [0.5, 0.6) is 0 Å². The lowest BCUT2D eigenvalue weighted by Gasteiger charge is -2.40. The molecule has 3 aliphatic rings. The van der Waals surface area contributed by atoms with Gasteiger partial charge in [0.05, 0.1) is 5.56 Å². The molecular formula is C25H29FN4O. The van der Waals surface area contributed by atoms with Crippen LogP contribution >= 0.6 is 0 Å². The number of halogens is 1. The second-order valence-corrected chi connectivity index (χ2v) is 9.06. The maximum atomic E-state index is 14.7. The van der Waals surface area contributed by atoms with Gasteiger partial charge >= 0.3 is 0 Å². The van der Waals surface area contributed by atoms with Gasteiger partial charge in [-0.15, -0.1) is 0 Å². The predicted molar refractivity (Wildman–Crippen MR) is 121 cm³/mol. The third-order valence-electron chi connectivity index (χ3n) is 6.64. The Morgan fingerprint density at radius 3 is 2.81 bits per heavy atom. The Hall–Kier alpha value is -2.73. The van der Waals surface area contributed by atoms with Crippen LogP contribution in [0.1, 0.15) is 41.3 Å². The highest BCUT2D eigenvalue weighted by atomic mass is 19.1. The van der Waals surface area contributed by atoms with Gasteiger partial charge in [-0.3, -0.25) is 14.7 Å². The van der Waals surface area contributed by atoms with Crippen LogP contribution in [0.4, 0.5) is 10.1 Å². The van der Waals surface area contributed by atoms with E-state index in [2.05, 4.69) is 27.8 Å². The van der Waals surface area contributed by atoms with Gasteiger partial charge in [-0.1, -0.05) is 24.3 Å². The third-order valence-corrected chi connectivity index (χ3v) is 6.64. The van der Waals surface area contributed by atoms with Crippen LogP contribution in [0.25, 0.3) is 0 Å². The maximum Gasteiger partial charge on any atom is 0.256 e. The molecular weight excluding hydrogens is 391 g/mol. The van der Waals surface area contributed by atoms with Crippen LogP contribution in [0.15, 0.2) is 47.5 Å². The lowest BCUT2D eigenvalue weighted by molar-refractivity contribution is 0.0499. The first kappa shape index (κ1) is 20.2. The standard InChI is InChI=1S/C25H29FN4O/c1-18-14-29(11-10-28(18)15-19-6-7-19)25(31)22-12-20(8-9-23(22)26)16-30-17-27-13-21-4-2-3-5-24(21)30/h2-5,8-9,12-13,18-19H,6-7,10-11,14-17H2,1H3/t18-/m1/s1. The van der Waals surface area contributed by atoms with Crippen LogP contribution in [-0.2, 0) is 6.54 Å². The normalized spacial score (nSPS) is 21.3. The first-order chi connectivity index (χ1) is 15.1. The summed E-state index contributed by atoms with van der Waals surface area (Å²) in [5.74, 6) is 0.191. The lowest BCUT2D eigenvalue weighted by atomic mass is 10.1. The molecule has 2 aliphatic heterocycles. The number of carbonyl (C=O) groups is 1. The average molecular weight is 421 g/mol. The van der Waals surface area contributed by atoms with Crippen LogP contribution in [0.2, 0.25) is 0 Å². The number of rotatable bonds is 5. The van der Waals surface area contributed by atoms with Crippen LogP contribution < -0.4 is 4.90 Å². The summed E-state index contributed by atoms with van der Waals surface area (Å²) in [6.07, 6.45) is 4.54. The minimum Gasteiger partial charge on any atom is -0.347 e. The van der Waals surface area contributed by atoms with E-state index >= 15 is 0 Å². The van der Waals surface area contributed by atoms with Crippen LogP contribution in [0, 0.1) is 11.7 Å². The van der Waals surface area contributed by atoms with Gasteiger partial charge in [0.15, 0.2) is 0 Å². The van der Waals surface area contributed by atoms with E-state index < -0.39 is 5.82 Å². The lowest BCUT2D eigenvalue weighted by Crippen LogP contribution is -2.54. The Morgan fingerprint density at radius 1 is 1.16 bits per heavy atom. The minimum atomic E-state index is -0.445. The van der Waals surface area contributed by atoms with E-state index in [1.165, 1.54) is 18.9 Å². The number of amides is 1. The molecule has 2 heterocycles. The molecule has 0 N–H and O–H groups in total. The summed E-state index contributed by atoms with van der Waals surface area (Å²) in [4.78, 5) is 24.1. The highest BCUT2D eigenvalue weighted by molar-refractivity contribution is 5.95. The number of nitrogens with zero attached hydrogens (tertiary/aromatic N) is 4. The second kappa shape index (κ2) is 8.42. The summed E-state index contributed by atoms with van der Waals surface area (Å²) in [7, 11) is 0. The van der Waals surface area contributed by atoms with Gasteiger partial charge in [0.1, 0.15) is 12.5 Å². The Balaban J connectivity index is 1.30. The molecule has 1 aliphatic carbocycles. The van der Waals surface area contributed by atoms with E-state index in [9.17, 15) is 9.18 Å². The van der Waals surface area contributed by atoms with Gasteiger partial charge in [0.25, 0.3) is 5.91 Å². The van der Waals surface area contributed by atoms with E-state index in [0.717, 1.165) is 35.8 Å². The molecule has 1 saturated carbocycles. The van der Waals surface area contributed by atoms with Crippen LogP contribution in [-0.4, -0.2) is 60.8 Å². The fourth-order valence-corrected chi connectivity index (χ4v) is 4.64. The van der Waals surface area contributed by atoms with Crippen molar-refractivity contribution in [2.24, 2.45) is 10.9 Å². The quantitative estimate of drug-likeness (QED) is 0.739. The highest BCUT2D eigenvalue weighted by Gasteiger charge is 2.32.